The lowest BCUT2D eigenvalue weighted by Gasteiger charge is -2.28. The third kappa shape index (κ3) is 1.79. The molecule has 18 heavy (non-hydrogen) atoms. The standard InChI is InChI=1S/C14H13N3O/c15-9-13-12-4-2-1-3-11(12)10-16-14(13)17-5-7-18-8-6-17/h1-4,10H,5-8H2. The molecule has 0 spiro atoms. The van der Waals surface area contributed by atoms with Crippen molar-refractivity contribution >= 4 is 16.6 Å². The summed E-state index contributed by atoms with van der Waals surface area (Å²) in [4.78, 5) is 6.57. The van der Waals surface area contributed by atoms with Crippen LogP contribution in [0, 0.1) is 11.3 Å². The summed E-state index contributed by atoms with van der Waals surface area (Å²) in [6, 6.07) is 10.1. The van der Waals surface area contributed by atoms with Crippen LogP contribution in [0.2, 0.25) is 0 Å². The first-order chi connectivity index (χ1) is 8.90. The lowest BCUT2D eigenvalue weighted by molar-refractivity contribution is 0.122. The Morgan fingerprint density at radius 3 is 2.78 bits per heavy atom. The molecule has 0 N–H and O–H groups in total. The second-order valence-corrected chi connectivity index (χ2v) is 4.26. The Bertz CT molecular complexity index is 612. The van der Waals surface area contributed by atoms with E-state index in [1.807, 2.05) is 30.5 Å². The topological polar surface area (TPSA) is 49.2 Å². The summed E-state index contributed by atoms with van der Waals surface area (Å²) in [5.41, 5.74) is 0.662. The third-order valence-corrected chi connectivity index (χ3v) is 3.20. The lowest BCUT2D eigenvalue weighted by atomic mass is 10.1. The zero-order valence-corrected chi connectivity index (χ0v) is 9.97. The van der Waals surface area contributed by atoms with Crippen LogP contribution in [0.3, 0.4) is 0 Å². The van der Waals surface area contributed by atoms with E-state index in [1.54, 1.807) is 0 Å². The van der Waals surface area contributed by atoms with Crippen LogP contribution in [0.15, 0.2) is 30.5 Å². The molecule has 90 valence electrons. The van der Waals surface area contributed by atoms with Crippen LogP contribution in [-0.2, 0) is 4.74 Å². The fourth-order valence-electron chi connectivity index (χ4n) is 2.28. The van der Waals surface area contributed by atoms with Crippen LogP contribution in [0.5, 0.6) is 0 Å². The van der Waals surface area contributed by atoms with Gasteiger partial charge in [-0.25, -0.2) is 4.98 Å². The predicted molar refractivity (Wildman–Crippen MR) is 69.5 cm³/mol. The van der Waals surface area contributed by atoms with E-state index in [-0.39, 0.29) is 0 Å². The lowest BCUT2D eigenvalue weighted by Crippen LogP contribution is -2.37. The van der Waals surface area contributed by atoms with Gasteiger partial charge in [0.05, 0.1) is 13.2 Å². The van der Waals surface area contributed by atoms with Crippen LogP contribution < -0.4 is 4.90 Å². The highest BCUT2D eigenvalue weighted by molar-refractivity contribution is 5.90. The van der Waals surface area contributed by atoms with Gasteiger partial charge in [-0.15, -0.1) is 0 Å². The molecule has 0 bridgehead atoms. The molecule has 0 saturated carbocycles. The minimum absolute atomic E-state index is 0.662. The normalized spacial score (nSPS) is 15.6. The molecule has 1 aromatic heterocycles. The molecule has 1 aromatic carbocycles. The van der Waals surface area contributed by atoms with E-state index < -0.39 is 0 Å². The van der Waals surface area contributed by atoms with Gasteiger partial charge in [-0.05, 0) is 0 Å². The van der Waals surface area contributed by atoms with Gasteiger partial charge in [0, 0.05) is 30.1 Å². The van der Waals surface area contributed by atoms with Crippen molar-refractivity contribution in [2.45, 2.75) is 0 Å². The molecule has 0 radical (unpaired) electrons. The van der Waals surface area contributed by atoms with E-state index in [0.29, 0.717) is 18.8 Å². The van der Waals surface area contributed by atoms with E-state index in [0.717, 1.165) is 29.7 Å². The zero-order valence-electron chi connectivity index (χ0n) is 9.97. The number of aromatic nitrogens is 1. The molecule has 1 aliphatic rings. The summed E-state index contributed by atoms with van der Waals surface area (Å²) in [5.74, 6) is 0.777. The molecule has 2 heterocycles. The van der Waals surface area contributed by atoms with Crippen molar-refractivity contribution in [3.8, 4) is 6.07 Å². The molecule has 4 nitrogen and oxygen atoms in total. The molecule has 4 heteroatoms. The predicted octanol–water partition coefficient (Wildman–Crippen LogP) is 1.94. The van der Waals surface area contributed by atoms with Gasteiger partial charge >= 0.3 is 0 Å². The highest BCUT2D eigenvalue weighted by Crippen LogP contribution is 2.26. The molecule has 0 unspecified atom stereocenters. The molecular formula is C14H13N3O. The Balaban J connectivity index is 2.14. The van der Waals surface area contributed by atoms with E-state index in [2.05, 4.69) is 16.0 Å². The van der Waals surface area contributed by atoms with Crippen molar-refractivity contribution in [2.24, 2.45) is 0 Å². The van der Waals surface area contributed by atoms with Gasteiger partial charge in [0.2, 0.25) is 0 Å². The number of anilines is 1. The highest BCUT2D eigenvalue weighted by atomic mass is 16.5. The number of ether oxygens (including phenoxy) is 1. The number of pyridine rings is 1. The fourth-order valence-corrected chi connectivity index (χ4v) is 2.28. The molecule has 1 fully saturated rings. The Morgan fingerprint density at radius 2 is 2.00 bits per heavy atom. The molecule has 0 aliphatic carbocycles. The first kappa shape index (κ1) is 11.0. The maximum atomic E-state index is 9.40. The van der Waals surface area contributed by atoms with Crippen molar-refractivity contribution in [1.82, 2.24) is 4.98 Å². The van der Waals surface area contributed by atoms with Crippen LogP contribution >= 0.6 is 0 Å². The first-order valence-corrected chi connectivity index (χ1v) is 6.00. The molecular weight excluding hydrogens is 226 g/mol. The molecule has 1 aliphatic heterocycles. The molecule has 3 rings (SSSR count). The number of nitrogens with zero attached hydrogens (tertiary/aromatic N) is 3. The van der Waals surface area contributed by atoms with Gasteiger partial charge in [0.25, 0.3) is 0 Å². The number of hydrogen-bond acceptors (Lipinski definition) is 4. The van der Waals surface area contributed by atoms with Crippen LogP contribution in [0.25, 0.3) is 10.8 Å². The monoisotopic (exact) mass is 239 g/mol. The van der Waals surface area contributed by atoms with Crippen LogP contribution in [-0.4, -0.2) is 31.3 Å². The molecule has 0 amide bonds. The van der Waals surface area contributed by atoms with Gasteiger partial charge in [0.1, 0.15) is 17.5 Å². The zero-order chi connectivity index (χ0) is 12.4. The molecule has 1 saturated heterocycles. The van der Waals surface area contributed by atoms with Gasteiger partial charge in [0.15, 0.2) is 0 Å². The number of fused-ring (bicyclic) bond motifs is 1. The smallest absolute Gasteiger partial charge is 0.147 e. The highest BCUT2D eigenvalue weighted by Gasteiger charge is 2.17. The SMILES string of the molecule is N#Cc1c(N2CCOCC2)ncc2ccccc12. The minimum atomic E-state index is 0.662. The van der Waals surface area contributed by atoms with E-state index in [4.69, 9.17) is 4.74 Å². The van der Waals surface area contributed by atoms with Crippen molar-refractivity contribution in [1.29, 1.82) is 5.26 Å². The molecule has 0 atom stereocenters. The Kier molecular flexibility index (Phi) is 2.83. The summed E-state index contributed by atoms with van der Waals surface area (Å²) in [5, 5.41) is 11.4. The van der Waals surface area contributed by atoms with Gasteiger partial charge in [-0.1, -0.05) is 24.3 Å². The van der Waals surface area contributed by atoms with Gasteiger partial charge < -0.3 is 9.64 Å². The quantitative estimate of drug-likeness (QED) is 0.763. The average molecular weight is 239 g/mol. The van der Waals surface area contributed by atoms with Crippen molar-refractivity contribution in [3.05, 3.63) is 36.0 Å². The minimum Gasteiger partial charge on any atom is -0.378 e. The van der Waals surface area contributed by atoms with Crippen LogP contribution in [0.4, 0.5) is 5.82 Å². The first-order valence-electron chi connectivity index (χ1n) is 6.00. The van der Waals surface area contributed by atoms with Crippen molar-refractivity contribution < 1.29 is 4.74 Å². The largest absolute Gasteiger partial charge is 0.378 e. The fraction of sp³-hybridized carbons (Fsp3) is 0.286. The number of hydrogen-bond donors (Lipinski definition) is 0. The second-order valence-electron chi connectivity index (χ2n) is 4.26. The summed E-state index contributed by atoms with van der Waals surface area (Å²) in [7, 11) is 0. The van der Waals surface area contributed by atoms with Crippen LogP contribution in [0.1, 0.15) is 5.56 Å². The van der Waals surface area contributed by atoms with Gasteiger partial charge in [-0.3, -0.25) is 0 Å². The summed E-state index contributed by atoms with van der Waals surface area (Å²) < 4.78 is 5.33. The maximum absolute atomic E-state index is 9.40. The summed E-state index contributed by atoms with van der Waals surface area (Å²) in [6.07, 6.45) is 1.83. The third-order valence-electron chi connectivity index (χ3n) is 3.20. The molecule has 2 aromatic rings. The number of nitriles is 1. The Labute approximate surface area is 105 Å². The number of benzene rings is 1. The van der Waals surface area contributed by atoms with Gasteiger partial charge in [-0.2, -0.15) is 5.26 Å². The van der Waals surface area contributed by atoms with Crippen molar-refractivity contribution in [3.63, 3.8) is 0 Å². The second kappa shape index (κ2) is 4.63. The van der Waals surface area contributed by atoms with Crippen molar-refractivity contribution in [2.75, 3.05) is 31.2 Å². The number of morpholine rings is 1. The maximum Gasteiger partial charge on any atom is 0.147 e. The Hall–Kier alpha value is -2.12. The average Bonchev–Trinajstić information content (AvgIpc) is 2.47. The number of rotatable bonds is 1. The van der Waals surface area contributed by atoms with E-state index in [9.17, 15) is 5.26 Å². The van der Waals surface area contributed by atoms with E-state index >= 15 is 0 Å². The summed E-state index contributed by atoms with van der Waals surface area (Å²) in [6.45, 7) is 2.97. The van der Waals surface area contributed by atoms with E-state index in [1.165, 1.54) is 0 Å². The summed E-state index contributed by atoms with van der Waals surface area (Å²) >= 11 is 0. The Morgan fingerprint density at radius 1 is 1.22 bits per heavy atom.